The van der Waals surface area contributed by atoms with Crippen molar-refractivity contribution in [1.82, 2.24) is 0 Å². The van der Waals surface area contributed by atoms with Crippen LogP contribution in [0.15, 0.2) is 12.8 Å². The molecule has 0 saturated carbocycles. The maximum atomic E-state index is 10.9. The summed E-state index contributed by atoms with van der Waals surface area (Å²) in [6.07, 6.45) is 1.22. The fourth-order valence-electron chi connectivity index (χ4n) is 0.500. The Morgan fingerprint density at radius 1 is 1.54 bits per heavy atom. The molecule has 1 N–H and O–H groups in total. The fraction of sp³-hybridized carbons (Fsp3) is 0.500. The Morgan fingerprint density at radius 2 is 2.15 bits per heavy atom. The van der Waals surface area contributed by atoms with Gasteiger partial charge in [0.1, 0.15) is 13.2 Å². The zero-order valence-electron chi connectivity index (χ0n) is 7.36. The van der Waals surface area contributed by atoms with Crippen molar-refractivity contribution in [3.8, 4) is 0 Å². The highest BCUT2D eigenvalue weighted by atomic mass is 16.6. The average molecular weight is 188 g/mol. The van der Waals surface area contributed by atoms with Crippen LogP contribution in [-0.2, 0) is 19.1 Å². The van der Waals surface area contributed by atoms with Gasteiger partial charge in [0.15, 0.2) is 5.92 Å². The predicted molar refractivity (Wildman–Crippen MR) is 43.9 cm³/mol. The first kappa shape index (κ1) is 11.5. The van der Waals surface area contributed by atoms with Crippen molar-refractivity contribution >= 4 is 11.9 Å². The molecule has 0 bridgehead atoms. The van der Waals surface area contributed by atoms with E-state index in [1.54, 1.807) is 0 Å². The van der Waals surface area contributed by atoms with E-state index in [4.69, 9.17) is 5.11 Å². The lowest BCUT2D eigenvalue weighted by atomic mass is 10.2. The van der Waals surface area contributed by atoms with Crippen molar-refractivity contribution in [3.63, 3.8) is 0 Å². The summed E-state index contributed by atoms with van der Waals surface area (Å²) in [6, 6.07) is 0. The largest absolute Gasteiger partial charge is 0.498 e. The number of carbonyl (C=O) groups excluding carboxylic acids is 1. The number of aliphatic carboxylic acids is 1. The van der Waals surface area contributed by atoms with E-state index in [1.807, 2.05) is 0 Å². The summed E-state index contributed by atoms with van der Waals surface area (Å²) >= 11 is 0. The van der Waals surface area contributed by atoms with Gasteiger partial charge in [0.2, 0.25) is 0 Å². The molecule has 0 aliphatic carbocycles. The second kappa shape index (κ2) is 6.05. The van der Waals surface area contributed by atoms with Crippen molar-refractivity contribution in [3.05, 3.63) is 12.8 Å². The number of esters is 1. The van der Waals surface area contributed by atoms with Crippen LogP contribution in [0.1, 0.15) is 6.92 Å². The predicted octanol–water partition coefficient (Wildman–Crippen LogP) is 0.410. The molecule has 0 aromatic rings. The number of ether oxygens (including phenoxy) is 2. The first-order valence-electron chi connectivity index (χ1n) is 3.71. The molecule has 0 aromatic carbocycles. The number of carboxylic acid groups (broad SMARTS) is 1. The lowest BCUT2D eigenvalue weighted by Gasteiger charge is -2.06. The van der Waals surface area contributed by atoms with Gasteiger partial charge in [-0.25, -0.2) is 0 Å². The smallest absolute Gasteiger partial charge is 0.320 e. The molecule has 0 aromatic heterocycles. The Bertz CT molecular complexity index is 199. The van der Waals surface area contributed by atoms with Crippen LogP contribution in [0.4, 0.5) is 0 Å². The van der Waals surface area contributed by atoms with Crippen LogP contribution in [-0.4, -0.2) is 30.3 Å². The molecule has 0 aliphatic rings. The lowest BCUT2D eigenvalue weighted by molar-refractivity contribution is -0.158. The summed E-state index contributed by atoms with van der Waals surface area (Å²) in [5, 5.41) is 8.41. The molecule has 0 amide bonds. The standard InChI is InChI=1S/C8H12O5/c1-3-12-4-5-13-8(11)6(2)7(9)10/h3,6H,1,4-5H2,2H3,(H,9,10). The molecule has 5 heteroatoms. The van der Waals surface area contributed by atoms with Gasteiger partial charge in [-0.05, 0) is 6.92 Å². The molecule has 0 fully saturated rings. The molecule has 0 aliphatic heterocycles. The zero-order valence-corrected chi connectivity index (χ0v) is 7.36. The van der Waals surface area contributed by atoms with Crippen LogP contribution in [0.25, 0.3) is 0 Å². The number of hydrogen-bond acceptors (Lipinski definition) is 4. The third-order valence-electron chi connectivity index (χ3n) is 1.29. The van der Waals surface area contributed by atoms with Gasteiger partial charge in [-0.1, -0.05) is 6.58 Å². The van der Waals surface area contributed by atoms with Crippen LogP contribution in [0.3, 0.4) is 0 Å². The number of carboxylic acids is 1. The number of carbonyl (C=O) groups is 2. The summed E-state index contributed by atoms with van der Waals surface area (Å²) in [5.74, 6) is -3.10. The van der Waals surface area contributed by atoms with Gasteiger partial charge in [0.25, 0.3) is 0 Å². The molecule has 13 heavy (non-hydrogen) atoms. The molecule has 0 rings (SSSR count). The third-order valence-corrected chi connectivity index (χ3v) is 1.29. The van der Waals surface area contributed by atoms with Gasteiger partial charge >= 0.3 is 11.9 Å². The number of rotatable bonds is 6. The second-order valence-electron chi connectivity index (χ2n) is 2.26. The van der Waals surface area contributed by atoms with Crippen LogP contribution < -0.4 is 0 Å². The molecule has 0 saturated heterocycles. The Kier molecular flexibility index (Phi) is 5.34. The summed E-state index contributed by atoms with van der Waals surface area (Å²) in [6.45, 7) is 4.76. The van der Waals surface area contributed by atoms with E-state index in [0.29, 0.717) is 0 Å². The minimum Gasteiger partial charge on any atom is -0.498 e. The first-order chi connectivity index (χ1) is 6.09. The maximum Gasteiger partial charge on any atom is 0.320 e. The zero-order chi connectivity index (χ0) is 10.3. The first-order valence-corrected chi connectivity index (χ1v) is 3.71. The number of hydrogen-bond donors (Lipinski definition) is 1. The van der Waals surface area contributed by atoms with E-state index in [0.717, 1.165) is 0 Å². The Morgan fingerprint density at radius 3 is 2.62 bits per heavy atom. The van der Waals surface area contributed by atoms with E-state index in [9.17, 15) is 9.59 Å². The highest BCUT2D eigenvalue weighted by Crippen LogP contribution is 1.97. The van der Waals surface area contributed by atoms with E-state index < -0.39 is 17.9 Å². The molecule has 1 atom stereocenters. The topological polar surface area (TPSA) is 72.8 Å². The van der Waals surface area contributed by atoms with Gasteiger partial charge in [-0.3, -0.25) is 9.59 Å². The minimum atomic E-state index is -1.20. The fourth-order valence-corrected chi connectivity index (χ4v) is 0.500. The Hall–Kier alpha value is -1.52. The maximum absolute atomic E-state index is 10.9. The van der Waals surface area contributed by atoms with Crippen LogP contribution >= 0.6 is 0 Å². The molecular formula is C8H12O5. The van der Waals surface area contributed by atoms with Crippen molar-refractivity contribution in [2.24, 2.45) is 5.92 Å². The van der Waals surface area contributed by atoms with E-state index >= 15 is 0 Å². The highest BCUT2D eigenvalue weighted by Gasteiger charge is 2.21. The molecule has 5 nitrogen and oxygen atoms in total. The van der Waals surface area contributed by atoms with Gasteiger partial charge in [-0.15, -0.1) is 0 Å². The summed E-state index contributed by atoms with van der Waals surface area (Å²) < 4.78 is 9.24. The van der Waals surface area contributed by atoms with Gasteiger partial charge in [-0.2, -0.15) is 0 Å². The van der Waals surface area contributed by atoms with Crippen molar-refractivity contribution < 1.29 is 24.2 Å². The van der Waals surface area contributed by atoms with E-state index in [1.165, 1.54) is 13.2 Å². The minimum absolute atomic E-state index is 0.0302. The molecule has 1 unspecified atom stereocenters. The van der Waals surface area contributed by atoms with E-state index in [2.05, 4.69) is 16.1 Å². The van der Waals surface area contributed by atoms with Crippen molar-refractivity contribution in [1.29, 1.82) is 0 Å². The molecule has 0 spiro atoms. The van der Waals surface area contributed by atoms with Crippen LogP contribution in [0.2, 0.25) is 0 Å². The van der Waals surface area contributed by atoms with Gasteiger partial charge in [0.05, 0.1) is 6.26 Å². The Balaban J connectivity index is 3.62. The highest BCUT2D eigenvalue weighted by molar-refractivity contribution is 5.93. The normalized spacial score (nSPS) is 11.5. The average Bonchev–Trinajstić information content (AvgIpc) is 2.10. The van der Waals surface area contributed by atoms with Gasteiger partial charge in [0, 0.05) is 0 Å². The third kappa shape index (κ3) is 4.84. The van der Waals surface area contributed by atoms with Crippen LogP contribution in [0.5, 0.6) is 0 Å². The Labute approximate surface area is 75.9 Å². The summed E-state index contributed by atoms with van der Waals surface area (Å²) in [7, 11) is 0. The second-order valence-corrected chi connectivity index (χ2v) is 2.26. The molecular weight excluding hydrogens is 176 g/mol. The van der Waals surface area contributed by atoms with Crippen LogP contribution in [0, 0.1) is 5.92 Å². The molecule has 74 valence electrons. The summed E-state index contributed by atoms with van der Waals surface area (Å²) in [5.41, 5.74) is 0. The quantitative estimate of drug-likeness (QED) is 0.283. The van der Waals surface area contributed by atoms with Gasteiger partial charge < -0.3 is 14.6 Å². The summed E-state index contributed by atoms with van der Waals surface area (Å²) in [4.78, 5) is 21.1. The van der Waals surface area contributed by atoms with E-state index in [-0.39, 0.29) is 13.2 Å². The van der Waals surface area contributed by atoms with Crippen molar-refractivity contribution in [2.75, 3.05) is 13.2 Å². The molecule has 0 radical (unpaired) electrons. The van der Waals surface area contributed by atoms with Crippen molar-refractivity contribution in [2.45, 2.75) is 6.92 Å². The molecule has 0 heterocycles. The monoisotopic (exact) mass is 188 g/mol. The lowest BCUT2D eigenvalue weighted by Crippen LogP contribution is -2.23. The SMILES string of the molecule is C=COCCOC(=O)C(C)C(=O)O.